The van der Waals surface area contributed by atoms with Crippen LogP contribution in [0.5, 0.6) is 0 Å². The molecule has 9 nitrogen and oxygen atoms in total. The zero-order valence-electron chi connectivity index (χ0n) is 18.3. The molecule has 1 aliphatic rings. The van der Waals surface area contributed by atoms with Crippen molar-refractivity contribution in [3.8, 4) is 0 Å². The highest BCUT2D eigenvalue weighted by Crippen LogP contribution is 2.36. The molecular weight excluding hydrogens is 432 g/mol. The van der Waals surface area contributed by atoms with E-state index in [1.165, 1.54) is 12.1 Å². The highest BCUT2D eigenvalue weighted by molar-refractivity contribution is 7.89. The Kier molecular flexibility index (Phi) is 7.83. The first-order valence-electron chi connectivity index (χ1n) is 10.6. The molecule has 2 N–H and O–H groups in total. The minimum atomic E-state index is -3.84. The summed E-state index contributed by atoms with van der Waals surface area (Å²) in [5, 5.41) is 22.4. The second kappa shape index (κ2) is 10.4. The molecule has 1 saturated heterocycles. The van der Waals surface area contributed by atoms with Crippen molar-refractivity contribution in [2.75, 3.05) is 45.2 Å². The fourth-order valence-corrected chi connectivity index (χ4v) is 4.99. The standard InChI is InChI=1S/C22H30N4O5S/c1-24(2)15-12-23-32(30,31)19-8-9-20(21(16-19)26(28)29)25-13-10-18(11-14-25)22(27)17-6-4-3-5-7-17/h3-9,16,18,22-23,27H,10-15H2,1-2H3. The molecule has 1 atom stereocenters. The average molecular weight is 463 g/mol. The third-order valence-corrected chi connectivity index (χ3v) is 7.23. The van der Waals surface area contributed by atoms with Gasteiger partial charge in [0.05, 0.1) is 15.9 Å². The summed E-state index contributed by atoms with van der Waals surface area (Å²) in [6, 6.07) is 13.5. The summed E-state index contributed by atoms with van der Waals surface area (Å²) < 4.78 is 27.5. The van der Waals surface area contributed by atoms with Gasteiger partial charge < -0.3 is 14.9 Å². The molecule has 0 bridgehead atoms. The molecule has 1 heterocycles. The van der Waals surface area contributed by atoms with E-state index in [4.69, 9.17) is 0 Å². The lowest BCUT2D eigenvalue weighted by molar-refractivity contribution is -0.384. The molecule has 0 amide bonds. The lowest BCUT2D eigenvalue weighted by atomic mass is 9.87. The van der Waals surface area contributed by atoms with Crippen LogP contribution in [0.15, 0.2) is 53.4 Å². The van der Waals surface area contributed by atoms with Crippen molar-refractivity contribution >= 4 is 21.4 Å². The molecule has 174 valence electrons. The summed E-state index contributed by atoms with van der Waals surface area (Å²) >= 11 is 0. The van der Waals surface area contributed by atoms with Crippen molar-refractivity contribution in [1.82, 2.24) is 9.62 Å². The average Bonchev–Trinajstić information content (AvgIpc) is 2.78. The number of likely N-dealkylation sites (N-methyl/N-ethyl adjacent to an activating group) is 1. The number of aliphatic hydroxyl groups excluding tert-OH is 1. The number of hydrogen-bond donors (Lipinski definition) is 2. The summed E-state index contributed by atoms with van der Waals surface area (Å²) in [7, 11) is -0.184. The molecule has 0 radical (unpaired) electrons. The zero-order valence-corrected chi connectivity index (χ0v) is 19.2. The van der Waals surface area contributed by atoms with Crippen molar-refractivity contribution < 1.29 is 18.4 Å². The Morgan fingerprint density at radius 2 is 1.84 bits per heavy atom. The Morgan fingerprint density at radius 3 is 2.44 bits per heavy atom. The van der Waals surface area contributed by atoms with Gasteiger partial charge in [-0.15, -0.1) is 0 Å². The van der Waals surface area contributed by atoms with Gasteiger partial charge >= 0.3 is 0 Å². The van der Waals surface area contributed by atoms with E-state index in [1.807, 2.05) is 54.2 Å². The third kappa shape index (κ3) is 5.83. The van der Waals surface area contributed by atoms with Gasteiger partial charge in [-0.2, -0.15) is 0 Å². The highest BCUT2D eigenvalue weighted by Gasteiger charge is 2.30. The first kappa shape index (κ1) is 24.1. The number of benzene rings is 2. The smallest absolute Gasteiger partial charge is 0.293 e. The van der Waals surface area contributed by atoms with Crippen LogP contribution in [-0.4, -0.2) is 63.6 Å². The van der Waals surface area contributed by atoms with Gasteiger partial charge in [-0.1, -0.05) is 30.3 Å². The first-order chi connectivity index (χ1) is 15.2. The Bertz CT molecular complexity index is 1020. The van der Waals surface area contributed by atoms with E-state index in [-0.39, 0.29) is 23.0 Å². The number of anilines is 1. The van der Waals surface area contributed by atoms with Gasteiger partial charge in [-0.3, -0.25) is 10.1 Å². The lowest BCUT2D eigenvalue weighted by Gasteiger charge is -2.35. The second-order valence-electron chi connectivity index (χ2n) is 8.29. The van der Waals surface area contributed by atoms with Gasteiger partial charge in [0.1, 0.15) is 5.69 Å². The quantitative estimate of drug-likeness (QED) is 0.434. The van der Waals surface area contributed by atoms with E-state index in [0.717, 1.165) is 11.6 Å². The Hall–Kier alpha value is -2.53. The minimum Gasteiger partial charge on any atom is -0.388 e. The van der Waals surface area contributed by atoms with Crippen molar-refractivity contribution in [3.05, 3.63) is 64.2 Å². The number of aliphatic hydroxyl groups is 1. The van der Waals surface area contributed by atoms with Crippen LogP contribution in [0.25, 0.3) is 0 Å². The first-order valence-corrected chi connectivity index (χ1v) is 12.1. The van der Waals surface area contributed by atoms with Gasteiger partial charge in [-0.25, -0.2) is 13.1 Å². The largest absolute Gasteiger partial charge is 0.388 e. The van der Waals surface area contributed by atoms with E-state index >= 15 is 0 Å². The SMILES string of the molecule is CN(C)CCNS(=O)(=O)c1ccc(N2CCC(C(O)c3ccccc3)CC2)c([N+](=O)[O-])c1. The molecule has 2 aromatic carbocycles. The third-order valence-electron chi connectivity index (χ3n) is 5.77. The van der Waals surface area contributed by atoms with E-state index in [2.05, 4.69) is 4.72 Å². The van der Waals surface area contributed by atoms with Crippen LogP contribution in [0.1, 0.15) is 24.5 Å². The summed E-state index contributed by atoms with van der Waals surface area (Å²) in [5.41, 5.74) is 1.03. The van der Waals surface area contributed by atoms with Gasteiger partial charge in [0, 0.05) is 32.2 Å². The van der Waals surface area contributed by atoms with E-state index in [0.29, 0.717) is 38.2 Å². The number of rotatable bonds is 9. The number of sulfonamides is 1. The van der Waals surface area contributed by atoms with Crippen molar-refractivity contribution in [1.29, 1.82) is 0 Å². The topological polar surface area (TPSA) is 116 Å². The fraction of sp³-hybridized carbons (Fsp3) is 0.455. The monoisotopic (exact) mass is 462 g/mol. The highest BCUT2D eigenvalue weighted by atomic mass is 32.2. The van der Waals surface area contributed by atoms with Gasteiger partial charge in [0.2, 0.25) is 10.0 Å². The molecule has 3 rings (SSSR count). The fourth-order valence-electron chi connectivity index (χ4n) is 3.95. The number of hydrogen-bond acceptors (Lipinski definition) is 7. The van der Waals surface area contributed by atoms with E-state index in [9.17, 15) is 23.6 Å². The predicted molar refractivity (Wildman–Crippen MR) is 123 cm³/mol. The summed E-state index contributed by atoms with van der Waals surface area (Å²) in [6.45, 7) is 1.82. The number of nitro benzene ring substituents is 1. The van der Waals surface area contributed by atoms with Crippen molar-refractivity contribution in [2.24, 2.45) is 5.92 Å². The zero-order chi connectivity index (χ0) is 23.3. The van der Waals surface area contributed by atoms with Gasteiger partial charge in [-0.05, 0) is 50.6 Å². The van der Waals surface area contributed by atoms with Gasteiger partial charge in [0.15, 0.2) is 0 Å². The molecule has 1 unspecified atom stereocenters. The summed E-state index contributed by atoms with van der Waals surface area (Å²) in [4.78, 5) is 14.8. The molecule has 10 heteroatoms. The Morgan fingerprint density at radius 1 is 1.19 bits per heavy atom. The van der Waals surface area contributed by atoms with Gasteiger partial charge in [0.25, 0.3) is 5.69 Å². The molecular formula is C22H30N4O5S. The minimum absolute atomic E-state index is 0.0632. The Balaban J connectivity index is 1.72. The van der Waals surface area contributed by atoms with Crippen LogP contribution >= 0.6 is 0 Å². The normalized spacial score (nSPS) is 16.3. The number of nitro groups is 1. The van der Waals surface area contributed by atoms with Crippen LogP contribution < -0.4 is 9.62 Å². The van der Waals surface area contributed by atoms with Crippen LogP contribution in [-0.2, 0) is 10.0 Å². The van der Waals surface area contributed by atoms with Crippen LogP contribution in [0.4, 0.5) is 11.4 Å². The molecule has 0 spiro atoms. The number of piperidine rings is 1. The molecule has 2 aromatic rings. The van der Waals surface area contributed by atoms with Crippen LogP contribution in [0.3, 0.4) is 0 Å². The molecule has 32 heavy (non-hydrogen) atoms. The summed E-state index contributed by atoms with van der Waals surface area (Å²) in [6.07, 6.45) is 0.785. The Labute approximate surface area is 188 Å². The maximum absolute atomic E-state index is 12.5. The molecule has 0 saturated carbocycles. The van der Waals surface area contributed by atoms with Crippen molar-refractivity contribution in [2.45, 2.75) is 23.8 Å². The van der Waals surface area contributed by atoms with Crippen LogP contribution in [0.2, 0.25) is 0 Å². The molecule has 0 aliphatic carbocycles. The lowest BCUT2D eigenvalue weighted by Crippen LogP contribution is -2.36. The van der Waals surface area contributed by atoms with Crippen molar-refractivity contribution in [3.63, 3.8) is 0 Å². The van der Waals surface area contributed by atoms with E-state index < -0.39 is 21.1 Å². The molecule has 1 fully saturated rings. The number of nitrogens with zero attached hydrogens (tertiary/aromatic N) is 3. The second-order valence-corrected chi connectivity index (χ2v) is 10.1. The maximum Gasteiger partial charge on any atom is 0.293 e. The summed E-state index contributed by atoms with van der Waals surface area (Å²) in [5.74, 6) is 0.0632. The molecule has 1 aliphatic heterocycles. The van der Waals surface area contributed by atoms with Crippen LogP contribution in [0, 0.1) is 16.0 Å². The maximum atomic E-state index is 12.5. The molecule has 0 aromatic heterocycles. The van der Waals surface area contributed by atoms with E-state index in [1.54, 1.807) is 0 Å². The predicted octanol–water partition coefficient (Wildman–Crippen LogP) is 2.38. The number of nitrogens with one attached hydrogen (secondary N) is 1.